The number of nitrogens with two attached hydrogens (primary N) is 1. The van der Waals surface area contributed by atoms with Crippen molar-refractivity contribution in [2.24, 2.45) is 16.6 Å². The molecule has 0 fully saturated rings. The van der Waals surface area contributed by atoms with Gasteiger partial charge in [-0.2, -0.15) is 0 Å². The number of nitrogens with one attached hydrogen (secondary N) is 1. The van der Waals surface area contributed by atoms with Crippen LogP contribution in [0.5, 0.6) is 0 Å². The number of aliphatic hydroxyl groups is 2. The number of hydrogen-bond acceptors (Lipinski definition) is 9. The molecule has 0 saturated heterocycles. The largest absolute Gasteiger partial charge is 0.463 e. The number of anilines is 1. The molecule has 0 radical (unpaired) electrons. The molecule has 24 heavy (non-hydrogen) atoms. The lowest BCUT2D eigenvalue weighted by molar-refractivity contribution is -0.151. The minimum Gasteiger partial charge on any atom is -0.463 e. The molecule has 0 aliphatic carbocycles. The average Bonchev–Trinajstić information content (AvgIpc) is 2.90. The minimum atomic E-state index is -1.13. The Hall–Kier alpha value is -2.17. The predicted octanol–water partition coefficient (Wildman–Crippen LogP) is -0.461. The summed E-state index contributed by atoms with van der Waals surface area (Å²) in [5.41, 5.74) is 5.90. The number of aliphatic imine (C=N–C) groups is 1. The highest BCUT2D eigenvalue weighted by Gasteiger charge is 2.24. The summed E-state index contributed by atoms with van der Waals surface area (Å²) in [4.78, 5) is 19.3. The Balaban J connectivity index is 1.87. The van der Waals surface area contributed by atoms with Gasteiger partial charge in [0.25, 0.3) is 0 Å². The molecule has 0 amide bonds. The van der Waals surface area contributed by atoms with Crippen LogP contribution < -0.4 is 11.1 Å². The number of imidazole rings is 1. The van der Waals surface area contributed by atoms with E-state index in [1.54, 1.807) is 4.57 Å². The molecular weight excluding hydrogens is 318 g/mol. The first-order valence-corrected chi connectivity index (χ1v) is 7.62. The van der Waals surface area contributed by atoms with E-state index in [0.29, 0.717) is 17.9 Å². The van der Waals surface area contributed by atoms with Crippen LogP contribution in [0, 0.1) is 5.92 Å². The normalized spacial score (nSPS) is 17.9. The van der Waals surface area contributed by atoms with E-state index in [2.05, 4.69) is 15.3 Å². The Morgan fingerprint density at radius 3 is 2.96 bits per heavy atom. The van der Waals surface area contributed by atoms with E-state index in [1.165, 1.54) is 6.33 Å². The van der Waals surface area contributed by atoms with Crippen LogP contribution in [0.25, 0.3) is 0 Å². The van der Waals surface area contributed by atoms with E-state index in [9.17, 15) is 15.0 Å². The van der Waals surface area contributed by atoms with Gasteiger partial charge in [-0.25, -0.2) is 9.98 Å². The third kappa shape index (κ3) is 4.66. The van der Waals surface area contributed by atoms with E-state index in [1.807, 2.05) is 13.8 Å². The summed E-state index contributed by atoms with van der Waals surface area (Å²) in [7, 11) is 0. The van der Waals surface area contributed by atoms with Gasteiger partial charge in [-0.15, -0.1) is 0 Å². The number of esters is 1. The van der Waals surface area contributed by atoms with Gasteiger partial charge in [-0.05, 0) is 5.92 Å². The van der Waals surface area contributed by atoms with E-state index < -0.39 is 12.3 Å². The summed E-state index contributed by atoms with van der Waals surface area (Å²) in [5.74, 6) is 0.399. The van der Waals surface area contributed by atoms with Crippen molar-refractivity contribution in [1.29, 1.82) is 0 Å². The second-order valence-electron chi connectivity index (χ2n) is 5.84. The smallest absolute Gasteiger partial charge is 0.306 e. The summed E-state index contributed by atoms with van der Waals surface area (Å²) in [6, 6.07) is 0. The number of fused-ring (bicyclic) bond motifs is 1. The third-order valence-electron chi connectivity index (χ3n) is 3.28. The monoisotopic (exact) mass is 341 g/mol. The summed E-state index contributed by atoms with van der Waals surface area (Å²) in [5, 5.41) is 21.9. The molecule has 1 aromatic rings. The maximum Gasteiger partial charge on any atom is 0.306 e. The van der Waals surface area contributed by atoms with Gasteiger partial charge in [0, 0.05) is 6.42 Å². The van der Waals surface area contributed by atoms with Crippen LogP contribution in [0.15, 0.2) is 11.3 Å². The number of aromatic nitrogens is 2. The number of ether oxygens (including phenoxy) is 2. The van der Waals surface area contributed by atoms with Gasteiger partial charge in [0.15, 0.2) is 12.2 Å². The summed E-state index contributed by atoms with van der Waals surface area (Å²) in [6.45, 7) is 3.52. The highest BCUT2D eigenvalue weighted by atomic mass is 16.6. The second kappa shape index (κ2) is 8.08. The topological polar surface area (TPSA) is 144 Å². The lowest BCUT2D eigenvalue weighted by Crippen LogP contribution is -2.30. The fraction of sp³-hybridized carbons (Fsp3) is 0.643. The van der Waals surface area contributed by atoms with Crippen LogP contribution in [-0.4, -0.2) is 51.0 Å². The molecule has 2 rings (SSSR count). The van der Waals surface area contributed by atoms with Crippen LogP contribution in [0.3, 0.4) is 0 Å². The molecule has 5 N–H and O–H groups in total. The number of aliphatic hydroxyl groups excluding tert-OH is 2. The van der Waals surface area contributed by atoms with Crippen LogP contribution >= 0.6 is 0 Å². The standard InChI is InChI=1S/C14H23N5O5/c1-8(2)3-10(21)23-5-9(4-20)24-7-19-6-16-11-12(19)17-14(15)18-13(11)22/h6,8-9,13,20,22H,3-5,7H2,1-2H3,(H3,15,17,18). The first-order chi connectivity index (χ1) is 11.4. The maximum absolute atomic E-state index is 11.5. The number of nitrogens with zero attached hydrogens (tertiary/aromatic N) is 3. The molecule has 10 nitrogen and oxygen atoms in total. The zero-order valence-electron chi connectivity index (χ0n) is 13.7. The summed E-state index contributed by atoms with van der Waals surface area (Å²) < 4.78 is 12.2. The molecule has 134 valence electrons. The summed E-state index contributed by atoms with van der Waals surface area (Å²) >= 11 is 0. The molecule has 1 aromatic heterocycles. The van der Waals surface area contributed by atoms with Gasteiger partial charge in [0.1, 0.15) is 31.0 Å². The fourth-order valence-corrected chi connectivity index (χ4v) is 2.08. The number of carbonyl (C=O) groups excluding carboxylic acids is 1. The molecule has 0 bridgehead atoms. The number of rotatable bonds is 8. The van der Waals surface area contributed by atoms with Crippen LogP contribution in [0.2, 0.25) is 0 Å². The Kier molecular flexibility index (Phi) is 6.12. The lowest BCUT2D eigenvalue weighted by Gasteiger charge is -2.20. The predicted molar refractivity (Wildman–Crippen MR) is 84.8 cm³/mol. The van der Waals surface area contributed by atoms with Gasteiger partial charge in [-0.1, -0.05) is 13.8 Å². The molecule has 0 spiro atoms. The van der Waals surface area contributed by atoms with Crippen molar-refractivity contribution in [3.8, 4) is 0 Å². The third-order valence-corrected chi connectivity index (χ3v) is 3.28. The molecule has 2 unspecified atom stereocenters. The van der Waals surface area contributed by atoms with Crippen LogP contribution in [-0.2, 0) is 21.0 Å². The lowest BCUT2D eigenvalue weighted by atomic mass is 10.1. The van der Waals surface area contributed by atoms with E-state index in [-0.39, 0.29) is 37.8 Å². The molecule has 0 saturated carbocycles. The molecule has 1 aliphatic rings. The number of carbonyl (C=O) groups is 1. The zero-order chi connectivity index (χ0) is 17.7. The molecule has 10 heteroatoms. The SMILES string of the molecule is CC(C)CC(=O)OCC(CO)OCn1cnc2c1NC(N)=NC2O. The van der Waals surface area contributed by atoms with Crippen molar-refractivity contribution in [2.75, 3.05) is 18.5 Å². The first-order valence-electron chi connectivity index (χ1n) is 7.62. The van der Waals surface area contributed by atoms with Crippen molar-refractivity contribution < 1.29 is 24.5 Å². The Morgan fingerprint density at radius 1 is 1.54 bits per heavy atom. The van der Waals surface area contributed by atoms with Crippen molar-refractivity contribution >= 4 is 17.7 Å². The van der Waals surface area contributed by atoms with E-state index in [4.69, 9.17) is 15.2 Å². The highest BCUT2D eigenvalue weighted by Crippen LogP contribution is 2.26. The molecule has 2 atom stereocenters. The highest BCUT2D eigenvalue weighted by molar-refractivity contribution is 5.93. The van der Waals surface area contributed by atoms with E-state index >= 15 is 0 Å². The Labute approximate surface area is 139 Å². The van der Waals surface area contributed by atoms with Gasteiger partial charge in [0.05, 0.1) is 12.9 Å². The first kappa shape index (κ1) is 18.2. The number of guanidine groups is 1. The Morgan fingerprint density at radius 2 is 2.29 bits per heavy atom. The Bertz CT molecular complexity index is 600. The molecule has 2 heterocycles. The molecule has 1 aliphatic heterocycles. The number of hydrogen-bond donors (Lipinski definition) is 4. The van der Waals surface area contributed by atoms with Gasteiger partial charge < -0.3 is 30.7 Å². The minimum absolute atomic E-state index is 0.0301. The van der Waals surface area contributed by atoms with Gasteiger partial charge >= 0.3 is 5.97 Å². The zero-order valence-corrected chi connectivity index (χ0v) is 13.7. The van der Waals surface area contributed by atoms with Crippen molar-refractivity contribution in [1.82, 2.24) is 9.55 Å². The molecular formula is C14H23N5O5. The van der Waals surface area contributed by atoms with Crippen molar-refractivity contribution in [3.63, 3.8) is 0 Å². The van der Waals surface area contributed by atoms with Crippen molar-refractivity contribution in [3.05, 3.63) is 12.0 Å². The quantitative estimate of drug-likeness (QED) is 0.465. The summed E-state index contributed by atoms with van der Waals surface area (Å²) in [6.07, 6.45) is -0.0336. The fourth-order valence-electron chi connectivity index (χ4n) is 2.08. The maximum atomic E-state index is 11.5. The van der Waals surface area contributed by atoms with Gasteiger partial charge in [-0.3, -0.25) is 9.36 Å². The van der Waals surface area contributed by atoms with Gasteiger partial charge in [0.2, 0.25) is 0 Å². The van der Waals surface area contributed by atoms with Crippen LogP contribution in [0.1, 0.15) is 32.2 Å². The second-order valence-corrected chi connectivity index (χ2v) is 5.84. The average molecular weight is 341 g/mol. The van der Waals surface area contributed by atoms with Crippen LogP contribution in [0.4, 0.5) is 5.82 Å². The van der Waals surface area contributed by atoms with E-state index in [0.717, 1.165) is 0 Å². The molecule has 0 aromatic carbocycles. The van der Waals surface area contributed by atoms with Crippen molar-refractivity contribution in [2.45, 2.75) is 39.3 Å².